The molecule has 5 nitrogen and oxygen atoms in total. The van der Waals surface area contributed by atoms with Gasteiger partial charge in [0.1, 0.15) is 6.10 Å². The monoisotopic (exact) mass is 380 g/mol. The van der Waals surface area contributed by atoms with Gasteiger partial charge in [0.15, 0.2) is 11.6 Å². The van der Waals surface area contributed by atoms with Gasteiger partial charge in [0.25, 0.3) is 5.91 Å². The highest BCUT2D eigenvalue weighted by atomic mass is 32.2. The molecule has 0 bridgehead atoms. The predicted molar refractivity (Wildman–Crippen MR) is 92.4 cm³/mol. The molecule has 0 radical (unpaired) electrons. The lowest BCUT2D eigenvalue weighted by Gasteiger charge is -2.20. The summed E-state index contributed by atoms with van der Waals surface area (Å²) < 4.78 is 51.4. The minimum Gasteiger partial charge on any atom is -0.371 e. The summed E-state index contributed by atoms with van der Waals surface area (Å²) in [6.45, 7) is 0.393. The fraction of sp³-hybridized carbons (Fsp3) is 0.278. The Kier molecular flexibility index (Phi) is 5.06. The highest BCUT2D eigenvalue weighted by Crippen LogP contribution is 2.30. The van der Waals surface area contributed by atoms with E-state index in [0.717, 1.165) is 12.1 Å². The van der Waals surface area contributed by atoms with Crippen molar-refractivity contribution in [3.05, 3.63) is 65.2 Å². The molecular formula is C18H18F2N2O3S. The second kappa shape index (κ2) is 7.13. The quantitative estimate of drug-likeness (QED) is 0.855. The van der Waals surface area contributed by atoms with Crippen LogP contribution in [-0.4, -0.2) is 29.0 Å². The highest BCUT2D eigenvalue weighted by molar-refractivity contribution is 7.91. The number of halogens is 2. The van der Waals surface area contributed by atoms with Crippen molar-refractivity contribution in [1.82, 2.24) is 5.32 Å². The van der Waals surface area contributed by atoms with Crippen LogP contribution in [0.5, 0.6) is 0 Å². The van der Waals surface area contributed by atoms with Crippen molar-refractivity contribution in [1.29, 1.82) is 4.78 Å². The Labute approximate surface area is 150 Å². The van der Waals surface area contributed by atoms with Crippen molar-refractivity contribution in [2.75, 3.05) is 12.9 Å². The lowest BCUT2D eigenvalue weighted by molar-refractivity contribution is 0.0820. The summed E-state index contributed by atoms with van der Waals surface area (Å²) in [5.74, 6) is -2.25. The first-order valence-electron chi connectivity index (χ1n) is 7.97. The number of nitrogens with one attached hydrogen (secondary N) is 2. The van der Waals surface area contributed by atoms with Gasteiger partial charge in [-0.3, -0.25) is 4.79 Å². The SMILES string of the molecule is CS(=N)(=O)c1ccc(C(=O)N[C@@H]2CCO[C@H]2c2ccc(F)c(F)c2)cc1. The van der Waals surface area contributed by atoms with Crippen LogP contribution in [0.25, 0.3) is 0 Å². The predicted octanol–water partition coefficient (Wildman–Crippen LogP) is 3.26. The van der Waals surface area contributed by atoms with Crippen molar-refractivity contribution >= 4 is 15.6 Å². The van der Waals surface area contributed by atoms with E-state index in [2.05, 4.69) is 5.32 Å². The molecule has 0 saturated carbocycles. The van der Waals surface area contributed by atoms with Crippen LogP contribution in [0.4, 0.5) is 8.78 Å². The smallest absolute Gasteiger partial charge is 0.251 e. The zero-order chi connectivity index (χ0) is 18.9. The maximum Gasteiger partial charge on any atom is 0.251 e. The second-order valence-corrected chi connectivity index (χ2v) is 8.36. The van der Waals surface area contributed by atoms with Crippen molar-refractivity contribution in [3.63, 3.8) is 0 Å². The Morgan fingerprint density at radius 3 is 2.50 bits per heavy atom. The van der Waals surface area contributed by atoms with Gasteiger partial charge in [-0.2, -0.15) is 0 Å². The fourth-order valence-electron chi connectivity index (χ4n) is 2.87. The molecule has 0 aromatic heterocycles. The van der Waals surface area contributed by atoms with Gasteiger partial charge in [-0.05, 0) is 48.4 Å². The van der Waals surface area contributed by atoms with Gasteiger partial charge in [-0.1, -0.05) is 6.07 Å². The lowest BCUT2D eigenvalue weighted by atomic mass is 10.0. The van der Waals surface area contributed by atoms with Gasteiger partial charge in [0.05, 0.1) is 15.8 Å². The molecule has 8 heteroatoms. The van der Waals surface area contributed by atoms with Crippen LogP contribution in [0.1, 0.15) is 28.4 Å². The number of benzene rings is 2. The Bertz CT molecular complexity index is 930. The van der Waals surface area contributed by atoms with Crippen LogP contribution in [0.15, 0.2) is 47.4 Å². The Morgan fingerprint density at radius 2 is 1.88 bits per heavy atom. The highest BCUT2D eigenvalue weighted by Gasteiger charge is 2.31. The van der Waals surface area contributed by atoms with Crippen LogP contribution in [-0.2, 0) is 14.5 Å². The van der Waals surface area contributed by atoms with Gasteiger partial charge < -0.3 is 10.1 Å². The average Bonchev–Trinajstić information content (AvgIpc) is 3.05. The molecule has 3 atom stereocenters. The summed E-state index contributed by atoms with van der Waals surface area (Å²) in [6, 6.07) is 9.16. The molecular weight excluding hydrogens is 362 g/mol. The van der Waals surface area contributed by atoms with E-state index in [1.54, 1.807) is 0 Å². The molecule has 0 aliphatic carbocycles. The summed E-state index contributed by atoms with van der Waals surface area (Å²) in [7, 11) is -2.84. The van der Waals surface area contributed by atoms with Crippen LogP contribution in [0.3, 0.4) is 0 Å². The molecule has 1 fully saturated rings. The maximum absolute atomic E-state index is 13.5. The summed E-state index contributed by atoms with van der Waals surface area (Å²) >= 11 is 0. The first kappa shape index (κ1) is 18.5. The summed E-state index contributed by atoms with van der Waals surface area (Å²) in [4.78, 5) is 12.8. The zero-order valence-electron chi connectivity index (χ0n) is 14.0. The van der Waals surface area contributed by atoms with Crippen molar-refractivity contribution in [2.24, 2.45) is 0 Å². The van der Waals surface area contributed by atoms with Gasteiger partial charge in [0, 0.05) is 23.3 Å². The molecule has 1 saturated heterocycles. The standard InChI is InChI=1S/C18H18F2N2O3S/c1-26(21,24)13-5-2-11(3-6-13)18(23)22-16-8-9-25-17(16)12-4-7-14(19)15(20)10-12/h2-7,10,16-17,21H,8-9H2,1H3,(H,22,23)/t16-,17+,26?/m1/s1. The normalized spacial score (nSPS) is 22.0. The molecule has 2 N–H and O–H groups in total. The third kappa shape index (κ3) is 3.91. The maximum atomic E-state index is 13.5. The molecule has 1 amide bonds. The van der Waals surface area contributed by atoms with E-state index in [1.165, 1.54) is 36.6 Å². The Balaban J connectivity index is 1.74. The van der Waals surface area contributed by atoms with E-state index in [-0.39, 0.29) is 11.9 Å². The molecule has 3 rings (SSSR count). The van der Waals surface area contributed by atoms with E-state index in [0.29, 0.717) is 29.1 Å². The third-order valence-electron chi connectivity index (χ3n) is 4.25. The first-order valence-corrected chi connectivity index (χ1v) is 9.93. The average molecular weight is 380 g/mol. The van der Waals surface area contributed by atoms with E-state index in [1.807, 2.05) is 0 Å². The largest absolute Gasteiger partial charge is 0.371 e. The summed E-state index contributed by atoms with van der Waals surface area (Å²) in [5.41, 5.74) is 0.815. The first-order chi connectivity index (χ1) is 12.3. The number of rotatable bonds is 4. The molecule has 26 heavy (non-hydrogen) atoms. The van der Waals surface area contributed by atoms with E-state index >= 15 is 0 Å². The number of hydrogen-bond donors (Lipinski definition) is 2. The lowest BCUT2D eigenvalue weighted by Crippen LogP contribution is -2.36. The van der Waals surface area contributed by atoms with E-state index in [9.17, 15) is 17.8 Å². The molecule has 1 aliphatic heterocycles. The third-order valence-corrected chi connectivity index (χ3v) is 5.42. The van der Waals surface area contributed by atoms with Crippen LogP contribution < -0.4 is 5.32 Å². The van der Waals surface area contributed by atoms with E-state index in [4.69, 9.17) is 9.52 Å². The molecule has 0 spiro atoms. The minimum absolute atomic E-state index is 0.345. The zero-order valence-corrected chi connectivity index (χ0v) is 14.8. The van der Waals surface area contributed by atoms with Crippen molar-refractivity contribution in [3.8, 4) is 0 Å². The Hall–Kier alpha value is -2.32. The number of amides is 1. The molecule has 1 heterocycles. The Morgan fingerprint density at radius 1 is 1.19 bits per heavy atom. The van der Waals surface area contributed by atoms with Crippen molar-refractivity contribution < 1.29 is 22.5 Å². The second-order valence-electron chi connectivity index (χ2n) is 6.20. The number of carbonyl (C=O) groups excluding carboxylic acids is 1. The number of hydrogen-bond acceptors (Lipinski definition) is 4. The minimum atomic E-state index is -2.84. The summed E-state index contributed by atoms with van der Waals surface area (Å²) in [5, 5.41) is 2.84. The molecule has 138 valence electrons. The van der Waals surface area contributed by atoms with Crippen molar-refractivity contribution in [2.45, 2.75) is 23.5 Å². The van der Waals surface area contributed by atoms with E-state index < -0.39 is 27.5 Å². The number of carbonyl (C=O) groups is 1. The van der Waals surface area contributed by atoms with Crippen LogP contribution in [0, 0.1) is 16.4 Å². The topological polar surface area (TPSA) is 79.2 Å². The molecule has 1 aliphatic rings. The van der Waals surface area contributed by atoms with Gasteiger partial charge in [0.2, 0.25) is 0 Å². The molecule has 2 aromatic rings. The van der Waals surface area contributed by atoms with Gasteiger partial charge in [-0.15, -0.1) is 0 Å². The van der Waals surface area contributed by atoms with Gasteiger partial charge >= 0.3 is 0 Å². The van der Waals surface area contributed by atoms with Crippen LogP contribution >= 0.6 is 0 Å². The van der Waals surface area contributed by atoms with Crippen LogP contribution in [0.2, 0.25) is 0 Å². The summed E-state index contributed by atoms with van der Waals surface area (Å²) in [6.07, 6.45) is 1.30. The number of ether oxygens (including phenoxy) is 1. The fourth-order valence-corrected chi connectivity index (χ4v) is 3.53. The molecule has 2 aromatic carbocycles. The molecule has 1 unspecified atom stereocenters. The van der Waals surface area contributed by atoms with Gasteiger partial charge in [-0.25, -0.2) is 17.8 Å².